The monoisotopic (exact) mass is 738 g/mol. The van der Waals surface area contributed by atoms with Crippen molar-refractivity contribution in [3.63, 3.8) is 0 Å². The number of imide groups is 2. The molecule has 0 aromatic heterocycles. The van der Waals surface area contributed by atoms with Gasteiger partial charge in [-0.3, -0.25) is 29.0 Å². The molecular weight excluding hydrogens is 693 g/mol. The normalized spacial score (nSPS) is 15.8. The molecular formula is C50H46N2O4. The molecule has 0 saturated heterocycles. The number of amides is 4. The molecule has 6 heteroatoms. The van der Waals surface area contributed by atoms with Gasteiger partial charge in [0.1, 0.15) is 0 Å². The Hall–Kier alpha value is -5.62. The molecule has 280 valence electrons. The van der Waals surface area contributed by atoms with E-state index in [2.05, 4.69) is 76.2 Å². The Labute approximate surface area is 326 Å². The fourth-order valence-electron chi connectivity index (χ4n) is 10.4. The largest absolute Gasteiger partial charge is 0.274 e. The fourth-order valence-corrected chi connectivity index (χ4v) is 10.4. The number of carbonyl (C=O) groups is 4. The summed E-state index contributed by atoms with van der Waals surface area (Å²) in [6, 6.07) is 24.7. The van der Waals surface area contributed by atoms with Gasteiger partial charge >= 0.3 is 0 Å². The molecule has 10 rings (SSSR count). The van der Waals surface area contributed by atoms with Gasteiger partial charge in [0.2, 0.25) is 0 Å². The van der Waals surface area contributed by atoms with Crippen molar-refractivity contribution < 1.29 is 19.2 Å². The molecule has 2 unspecified atom stereocenters. The molecule has 0 radical (unpaired) electrons. The van der Waals surface area contributed by atoms with Crippen LogP contribution in [0.3, 0.4) is 0 Å². The van der Waals surface area contributed by atoms with Gasteiger partial charge in [0.25, 0.3) is 23.6 Å². The Balaban J connectivity index is 1.16. The lowest BCUT2D eigenvalue weighted by Gasteiger charge is -2.31. The fraction of sp³-hybridized carbons (Fsp3) is 0.320. The van der Waals surface area contributed by atoms with Gasteiger partial charge in [-0.25, -0.2) is 0 Å². The van der Waals surface area contributed by atoms with Crippen LogP contribution in [0.4, 0.5) is 0 Å². The predicted molar refractivity (Wildman–Crippen MR) is 229 cm³/mol. The van der Waals surface area contributed by atoms with Crippen LogP contribution in [0.25, 0.3) is 75.4 Å². The molecule has 6 nitrogen and oxygen atoms in total. The first-order valence-corrected chi connectivity index (χ1v) is 20.8. The Bertz CT molecular complexity index is 2610. The molecule has 0 fully saturated rings. The van der Waals surface area contributed by atoms with E-state index < -0.39 is 0 Å². The zero-order valence-electron chi connectivity index (χ0n) is 32.7. The van der Waals surface area contributed by atoms with Crippen LogP contribution in [0, 0.1) is 11.8 Å². The lowest BCUT2D eigenvalue weighted by molar-refractivity contribution is 0.0565. The zero-order chi connectivity index (χ0) is 38.6. The van der Waals surface area contributed by atoms with Gasteiger partial charge in [-0.1, -0.05) is 115 Å². The lowest BCUT2D eigenvalue weighted by atomic mass is 9.80. The van der Waals surface area contributed by atoms with Gasteiger partial charge in [-0.05, 0) is 114 Å². The molecule has 0 aliphatic carbocycles. The van der Waals surface area contributed by atoms with E-state index in [1.165, 1.54) is 9.80 Å². The van der Waals surface area contributed by atoms with Gasteiger partial charge < -0.3 is 0 Å². The summed E-state index contributed by atoms with van der Waals surface area (Å²) in [5.41, 5.74) is 2.40. The summed E-state index contributed by atoms with van der Waals surface area (Å²) in [4.78, 5) is 59.5. The maximum atomic E-state index is 14.1. The van der Waals surface area contributed by atoms with Crippen molar-refractivity contribution in [1.82, 2.24) is 9.80 Å². The predicted octanol–water partition coefficient (Wildman–Crippen LogP) is 12.3. The van der Waals surface area contributed by atoms with Crippen LogP contribution in [0.1, 0.15) is 120 Å². The van der Waals surface area contributed by atoms with Gasteiger partial charge in [0.15, 0.2) is 0 Å². The van der Waals surface area contributed by atoms with Crippen LogP contribution in [0.5, 0.6) is 0 Å². The molecule has 0 spiro atoms. The third-order valence-electron chi connectivity index (χ3n) is 13.5. The van der Waals surface area contributed by atoms with Gasteiger partial charge in [0.05, 0.1) is 0 Å². The standard InChI is InChI=1S/C50H46N2O4/c1-5-9-11-27(7-3)25-51-47(53)37-21-17-33-29-13-15-31-35-19-23-39-46-40(50(56)52(49(39)55)26-28(8-4)12-10-6-2)24-20-36(44(35)46)32-16-14-30(41(29)42(31)32)34-18-22-38(48(51)54)45(37)43(33)34/h13-24,27-28H,5-12,25-26H2,1-4H3. The smallest absolute Gasteiger partial charge is 0.261 e. The van der Waals surface area contributed by atoms with Crippen LogP contribution >= 0.6 is 0 Å². The zero-order valence-corrected chi connectivity index (χ0v) is 32.7. The first-order chi connectivity index (χ1) is 27.3. The first kappa shape index (κ1) is 34.8. The van der Waals surface area contributed by atoms with E-state index in [1.54, 1.807) is 0 Å². The molecule has 2 heterocycles. The molecule has 2 atom stereocenters. The number of hydrogen-bond donors (Lipinski definition) is 0. The van der Waals surface area contributed by atoms with Crippen molar-refractivity contribution in [2.45, 2.75) is 79.1 Å². The lowest BCUT2D eigenvalue weighted by Crippen LogP contribution is -2.43. The van der Waals surface area contributed by atoms with Crippen LogP contribution in [0.2, 0.25) is 0 Å². The minimum atomic E-state index is -0.199. The van der Waals surface area contributed by atoms with E-state index in [0.29, 0.717) is 35.3 Å². The molecule has 8 aromatic carbocycles. The minimum Gasteiger partial charge on any atom is -0.274 e. The summed E-state index contributed by atoms with van der Waals surface area (Å²) < 4.78 is 0. The van der Waals surface area contributed by atoms with E-state index in [1.807, 2.05) is 24.3 Å². The highest BCUT2D eigenvalue weighted by Crippen LogP contribution is 2.50. The number of nitrogens with zero attached hydrogens (tertiary/aromatic N) is 2. The number of fused-ring (bicyclic) bond motifs is 4. The second kappa shape index (κ2) is 13.0. The number of unbranched alkanes of at least 4 members (excludes halogenated alkanes) is 2. The molecule has 0 N–H and O–H groups in total. The van der Waals surface area contributed by atoms with Crippen molar-refractivity contribution in [2.24, 2.45) is 11.8 Å². The van der Waals surface area contributed by atoms with Crippen molar-refractivity contribution in [1.29, 1.82) is 0 Å². The summed E-state index contributed by atoms with van der Waals surface area (Å²) >= 11 is 0. The van der Waals surface area contributed by atoms with Crippen LogP contribution in [-0.4, -0.2) is 46.5 Å². The summed E-state index contributed by atoms with van der Waals surface area (Å²) in [5.74, 6) is -0.229. The average Bonchev–Trinajstić information content (AvgIpc) is 3.23. The van der Waals surface area contributed by atoms with Crippen LogP contribution in [-0.2, 0) is 0 Å². The quantitative estimate of drug-likeness (QED) is 0.0710. The van der Waals surface area contributed by atoms with Gasteiger partial charge in [-0.2, -0.15) is 0 Å². The molecule has 4 amide bonds. The first-order valence-electron chi connectivity index (χ1n) is 20.8. The van der Waals surface area contributed by atoms with E-state index in [4.69, 9.17) is 0 Å². The molecule has 56 heavy (non-hydrogen) atoms. The number of benzene rings is 8. The molecule has 2 aliphatic heterocycles. The maximum absolute atomic E-state index is 14.1. The van der Waals surface area contributed by atoms with Crippen molar-refractivity contribution in [3.8, 4) is 0 Å². The van der Waals surface area contributed by atoms with Crippen molar-refractivity contribution in [2.75, 3.05) is 13.1 Å². The third kappa shape index (κ3) is 4.68. The highest BCUT2D eigenvalue weighted by Gasteiger charge is 2.37. The highest BCUT2D eigenvalue weighted by molar-refractivity contribution is 6.45. The van der Waals surface area contributed by atoms with Crippen molar-refractivity contribution >= 4 is 99.0 Å². The molecule has 8 aromatic rings. The number of rotatable bonds is 12. The molecule has 0 bridgehead atoms. The van der Waals surface area contributed by atoms with Crippen LogP contribution in [0.15, 0.2) is 72.8 Å². The maximum Gasteiger partial charge on any atom is 0.261 e. The van der Waals surface area contributed by atoms with Gasteiger partial charge in [0, 0.05) is 46.1 Å². The van der Waals surface area contributed by atoms with E-state index in [9.17, 15) is 19.2 Å². The topological polar surface area (TPSA) is 74.8 Å². The Morgan fingerprint density at radius 2 is 0.625 bits per heavy atom. The minimum absolute atomic E-state index is 0.199. The van der Waals surface area contributed by atoms with E-state index in [-0.39, 0.29) is 35.5 Å². The Kier molecular flexibility index (Phi) is 8.07. The highest BCUT2D eigenvalue weighted by atomic mass is 16.2. The third-order valence-corrected chi connectivity index (χ3v) is 13.5. The summed E-state index contributed by atoms with van der Waals surface area (Å²) in [7, 11) is 0. The second-order valence-electron chi connectivity index (χ2n) is 16.5. The Morgan fingerprint density at radius 3 is 0.875 bits per heavy atom. The Morgan fingerprint density at radius 1 is 0.375 bits per heavy atom. The SMILES string of the molecule is CCCCC(CC)CN1C(=O)c2ccc3c4ccc5c6ccc7c8c(ccc(c9ccc(c%10ccc(c2c3%10)C1=O)c4c59)c86)C(=O)N(CC(CC)CCCC)C7=O. The second-order valence-corrected chi connectivity index (χ2v) is 16.5. The molecule has 2 aliphatic rings. The average molecular weight is 739 g/mol. The van der Waals surface area contributed by atoms with E-state index >= 15 is 0 Å². The summed E-state index contributed by atoms with van der Waals surface area (Å²) in [6.07, 6.45) is 8.21. The van der Waals surface area contributed by atoms with Crippen molar-refractivity contribution in [3.05, 3.63) is 95.1 Å². The van der Waals surface area contributed by atoms with Crippen LogP contribution < -0.4 is 0 Å². The van der Waals surface area contributed by atoms with E-state index in [0.717, 1.165) is 127 Å². The van der Waals surface area contributed by atoms with Gasteiger partial charge in [-0.15, -0.1) is 0 Å². The molecule has 0 saturated carbocycles. The summed E-state index contributed by atoms with van der Waals surface area (Å²) in [6.45, 7) is 9.53. The number of hydrogen-bond acceptors (Lipinski definition) is 4. The summed E-state index contributed by atoms with van der Waals surface area (Å²) in [5, 5.41) is 14.1. The number of carbonyl (C=O) groups excluding carboxylic acids is 4.